The van der Waals surface area contributed by atoms with Crippen LogP contribution in [0.15, 0.2) is 180 Å². The molecule has 3 heterocycles. The minimum absolute atomic E-state index is 0.0523. The lowest BCUT2D eigenvalue weighted by Gasteiger charge is -2.20. The number of aromatic nitrogens is 4. The van der Waals surface area contributed by atoms with E-state index in [1.807, 2.05) is 0 Å². The summed E-state index contributed by atoms with van der Waals surface area (Å²) in [4.78, 5) is 16.0. The van der Waals surface area contributed by atoms with Crippen LogP contribution >= 0.6 is 0 Å². The lowest BCUT2D eigenvalue weighted by molar-refractivity contribution is 0.669. The van der Waals surface area contributed by atoms with Crippen LogP contribution in [-0.2, 0) is 0 Å². The van der Waals surface area contributed by atoms with Crippen molar-refractivity contribution >= 4 is 76.4 Å². The van der Waals surface area contributed by atoms with Gasteiger partial charge in [0, 0.05) is 38.7 Å². The van der Waals surface area contributed by atoms with Gasteiger partial charge in [0.05, 0.1) is 16.6 Å². The van der Waals surface area contributed by atoms with Crippen LogP contribution < -0.4 is 0 Å². The van der Waals surface area contributed by atoms with E-state index in [1.165, 1.54) is 49.2 Å². The van der Waals surface area contributed by atoms with Crippen LogP contribution in [-0.4, -0.2) is 19.5 Å². The van der Waals surface area contributed by atoms with Gasteiger partial charge in [-0.05, 0) is 92.7 Å². The first kappa shape index (κ1) is 31.6. The highest BCUT2D eigenvalue weighted by molar-refractivity contribution is 6.17. The van der Waals surface area contributed by atoms with Crippen LogP contribution in [0.5, 0.6) is 0 Å². The average Bonchev–Trinajstić information content (AvgIpc) is 3.93. The molecular formula is C53H32N4O. The monoisotopic (exact) mass is 740 g/mol. The van der Waals surface area contributed by atoms with E-state index in [1.54, 1.807) is 0 Å². The third-order valence-electron chi connectivity index (χ3n) is 12.3. The van der Waals surface area contributed by atoms with Gasteiger partial charge in [0.2, 0.25) is 0 Å². The molecule has 8 aromatic carbocycles. The molecule has 2 aliphatic rings. The summed E-state index contributed by atoms with van der Waals surface area (Å²) in [5.41, 5.74) is 12.0. The summed E-state index contributed by atoms with van der Waals surface area (Å²) < 4.78 is 9.07. The van der Waals surface area contributed by atoms with Gasteiger partial charge in [0.15, 0.2) is 11.6 Å². The molecule has 3 aromatic heterocycles. The fraction of sp³-hybridized carbons (Fsp3) is 0.0377. The molecule has 0 spiro atoms. The Kier molecular flexibility index (Phi) is 6.50. The maximum Gasteiger partial charge on any atom is 0.167 e. The molecule has 0 amide bonds. The van der Waals surface area contributed by atoms with Crippen LogP contribution in [0, 0.1) is 0 Å². The van der Waals surface area contributed by atoms with E-state index in [0.717, 1.165) is 67.4 Å². The predicted octanol–water partition coefficient (Wildman–Crippen LogP) is 13.5. The van der Waals surface area contributed by atoms with Crippen LogP contribution in [0.4, 0.5) is 0 Å². The van der Waals surface area contributed by atoms with Crippen LogP contribution in [0.3, 0.4) is 0 Å². The smallest absolute Gasteiger partial charge is 0.167 e. The minimum atomic E-state index is -0.0523. The quantitative estimate of drug-likeness (QED) is 0.180. The molecule has 1 unspecified atom stereocenters. The topological polar surface area (TPSA) is 56.7 Å². The average molecular weight is 741 g/mol. The summed E-state index contributed by atoms with van der Waals surface area (Å²) in [6.07, 6.45) is 5.37. The molecule has 0 fully saturated rings. The molecule has 1 atom stereocenters. The molecular weight excluding hydrogens is 709 g/mol. The Balaban J connectivity index is 1.02. The van der Waals surface area contributed by atoms with Crippen molar-refractivity contribution in [2.24, 2.45) is 0 Å². The van der Waals surface area contributed by atoms with Gasteiger partial charge >= 0.3 is 0 Å². The first-order valence-corrected chi connectivity index (χ1v) is 19.9. The Morgan fingerprint density at radius 1 is 0.517 bits per heavy atom. The van der Waals surface area contributed by atoms with Gasteiger partial charge in [-0.1, -0.05) is 133 Å². The van der Waals surface area contributed by atoms with Gasteiger partial charge in [-0.3, -0.25) is 0 Å². The first-order valence-electron chi connectivity index (χ1n) is 19.9. The number of rotatable bonds is 4. The minimum Gasteiger partial charge on any atom is -0.455 e. The number of hydrogen-bond donors (Lipinski definition) is 0. The van der Waals surface area contributed by atoms with Crippen molar-refractivity contribution in [1.29, 1.82) is 0 Å². The second kappa shape index (κ2) is 11.9. The molecule has 58 heavy (non-hydrogen) atoms. The van der Waals surface area contributed by atoms with Crippen LogP contribution in [0.2, 0.25) is 0 Å². The van der Waals surface area contributed by atoms with E-state index >= 15 is 0 Å². The highest BCUT2D eigenvalue weighted by Crippen LogP contribution is 2.49. The van der Waals surface area contributed by atoms with Gasteiger partial charge in [-0.2, -0.15) is 0 Å². The van der Waals surface area contributed by atoms with Gasteiger partial charge in [0.1, 0.15) is 17.0 Å². The van der Waals surface area contributed by atoms with E-state index in [-0.39, 0.29) is 5.92 Å². The Labute approximate surface area is 332 Å². The van der Waals surface area contributed by atoms with Crippen molar-refractivity contribution in [3.63, 3.8) is 0 Å². The number of nitrogens with zero attached hydrogens (tertiary/aromatic N) is 4. The SMILES string of the molecule is C1=CC(c2nc(-c3ccc4c5ccccc5n(-c5ccccc5)c4c3)nc(-c3cccc4c3oc3cc5ccccc5cc34)n2)CC2=C1c1cccc3cccc2c13. The van der Waals surface area contributed by atoms with Gasteiger partial charge in [-0.25, -0.2) is 15.0 Å². The number of fused-ring (bicyclic) bond motifs is 9. The molecule has 0 N–H and O–H groups in total. The third kappa shape index (κ3) is 4.55. The summed E-state index contributed by atoms with van der Waals surface area (Å²) in [6, 6.07) is 58.1. The van der Waals surface area contributed by atoms with Crippen molar-refractivity contribution < 1.29 is 4.42 Å². The summed E-state index contributed by atoms with van der Waals surface area (Å²) in [5.74, 6) is 1.93. The molecule has 0 aliphatic heterocycles. The zero-order chi connectivity index (χ0) is 37.9. The summed E-state index contributed by atoms with van der Waals surface area (Å²) >= 11 is 0. The normalized spacial score (nSPS) is 14.9. The molecule has 0 bridgehead atoms. The van der Waals surface area contributed by atoms with Gasteiger partial charge in [0.25, 0.3) is 0 Å². The van der Waals surface area contributed by atoms with E-state index in [0.29, 0.717) is 11.6 Å². The Bertz CT molecular complexity index is 3600. The van der Waals surface area contributed by atoms with E-state index in [9.17, 15) is 0 Å². The van der Waals surface area contributed by atoms with E-state index in [4.69, 9.17) is 19.4 Å². The summed E-state index contributed by atoms with van der Waals surface area (Å²) in [7, 11) is 0. The van der Waals surface area contributed by atoms with Crippen molar-refractivity contribution in [3.8, 4) is 28.5 Å². The highest BCUT2D eigenvalue weighted by atomic mass is 16.3. The standard InChI is InChI=1S/C53H32N4O/c1-2-15-36(16-3-1)57-46-22-7-6-17-38(46)39-26-24-35(29-47(39)57)52-54-51(34-23-25-37-40-18-8-13-31-14-9-19-41(49(31)40)44(37)28-34)55-53(56-52)43-21-10-20-42-45-27-32-11-4-5-12-33(32)30-48(45)58-50(42)43/h1-27,29-30,34H,28H2. The molecule has 5 nitrogen and oxygen atoms in total. The zero-order valence-electron chi connectivity index (χ0n) is 31.2. The lowest BCUT2D eigenvalue weighted by Crippen LogP contribution is -2.10. The van der Waals surface area contributed by atoms with Crippen molar-refractivity contribution in [2.45, 2.75) is 12.3 Å². The molecule has 270 valence electrons. The van der Waals surface area contributed by atoms with Crippen LogP contribution in [0.1, 0.15) is 29.3 Å². The first-order chi connectivity index (χ1) is 28.7. The maximum atomic E-state index is 6.73. The number of hydrogen-bond acceptors (Lipinski definition) is 4. The van der Waals surface area contributed by atoms with Crippen molar-refractivity contribution in [2.75, 3.05) is 0 Å². The lowest BCUT2D eigenvalue weighted by atomic mass is 9.87. The number of para-hydroxylation sites is 3. The Morgan fingerprint density at radius 3 is 2.12 bits per heavy atom. The Morgan fingerprint density at radius 2 is 1.22 bits per heavy atom. The Hall–Kier alpha value is -7.63. The van der Waals surface area contributed by atoms with Gasteiger partial charge < -0.3 is 8.98 Å². The summed E-state index contributed by atoms with van der Waals surface area (Å²) in [5, 5.41) is 9.44. The molecule has 0 saturated carbocycles. The molecule has 11 aromatic rings. The second-order valence-corrected chi connectivity index (χ2v) is 15.5. The van der Waals surface area contributed by atoms with Crippen molar-refractivity contribution in [1.82, 2.24) is 19.5 Å². The zero-order valence-corrected chi connectivity index (χ0v) is 31.2. The fourth-order valence-electron chi connectivity index (χ4n) is 9.64. The number of allylic oxidation sites excluding steroid dienone is 4. The molecule has 0 saturated heterocycles. The predicted molar refractivity (Wildman–Crippen MR) is 237 cm³/mol. The largest absolute Gasteiger partial charge is 0.455 e. The molecule has 0 radical (unpaired) electrons. The molecule has 5 heteroatoms. The van der Waals surface area contributed by atoms with Crippen molar-refractivity contribution in [3.05, 3.63) is 193 Å². The molecule has 2 aliphatic carbocycles. The van der Waals surface area contributed by atoms with E-state index < -0.39 is 0 Å². The maximum absolute atomic E-state index is 6.73. The van der Waals surface area contributed by atoms with Crippen LogP contribution in [0.25, 0.3) is 105 Å². The number of benzene rings is 8. The summed E-state index contributed by atoms with van der Waals surface area (Å²) in [6.45, 7) is 0. The van der Waals surface area contributed by atoms with E-state index in [2.05, 4.69) is 181 Å². The molecule has 13 rings (SSSR count). The highest BCUT2D eigenvalue weighted by Gasteiger charge is 2.30. The third-order valence-corrected chi connectivity index (χ3v) is 12.3. The van der Waals surface area contributed by atoms with Gasteiger partial charge in [-0.15, -0.1) is 0 Å². The second-order valence-electron chi connectivity index (χ2n) is 15.5. The number of furan rings is 1. The fourth-order valence-corrected chi connectivity index (χ4v) is 9.64.